The fraction of sp³-hybridized carbons (Fsp3) is 0.857. The van der Waals surface area contributed by atoms with Gasteiger partial charge in [-0.3, -0.25) is 4.79 Å². The van der Waals surface area contributed by atoms with Crippen molar-refractivity contribution in [2.45, 2.75) is 25.9 Å². The maximum atomic E-state index is 10.4. The van der Waals surface area contributed by atoms with Crippen molar-refractivity contribution in [2.24, 2.45) is 5.73 Å². The quantitative estimate of drug-likeness (QED) is 0.626. The standard InChI is InChI=1S/C7H17NO3Si/c1-4-5-12(3,10-2)11-6-7(8)9/h4-6H2,1-3H3,(H2,8,9). The summed E-state index contributed by atoms with van der Waals surface area (Å²) < 4.78 is 10.6. The molecule has 4 nitrogen and oxygen atoms in total. The van der Waals surface area contributed by atoms with E-state index in [0.717, 1.165) is 12.5 Å². The largest absolute Gasteiger partial charge is 0.398 e. The first-order chi connectivity index (χ1) is 5.54. The summed E-state index contributed by atoms with van der Waals surface area (Å²) in [6.07, 6.45) is 0.995. The Hall–Kier alpha value is -0.393. The maximum Gasteiger partial charge on any atom is 0.335 e. The summed E-state index contributed by atoms with van der Waals surface area (Å²) >= 11 is 0. The van der Waals surface area contributed by atoms with Crippen LogP contribution >= 0.6 is 0 Å². The molecule has 0 bridgehead atoms. The lowest BCUT2D eigenvalue weighted by molar-refractivity contribution is -0.120. The molecule has 0 spiro atoms. The van der Waals surface area contributed by atoms with Crippen LogP contribution in [0.1, 0.15) is 13.3 Å². The minimum Gasteiger partial charge on any atom is -0.398 e. The molecule has 0 fully saturated rings. The molecule has 0 aromatic carbocycles. The predicted octanol–water partition coefficient (Wildman–Crippen LogP) is 0.617. The van der Waals surface area contributed by atoms with Gasteiger partial charge in [-0.1, -0.05) is 13.3 Å². The van der Waals surface area contributed by atoms with E-state index in [2.05, 4.69) is 6.92 Å². The van der Waals surface area contributed by atoms with Crippen molar-refractivity contribution < 1.29 is 13.6 Å². The zero-order valence-electron chi connectivity index (χ0n) is 7.92. The summed E-state index contributed by atoms with van der Waals surface area (Å²) in [7, 11) is -0.473. The molecule has 0 aliphatic carbocycles. The number of carbonyl (C=O) groups is 1. The summed E-state index contributed by atoms with van der Waals surface area (Å²) in [4.78, 5) is 10.4. The molecule has 0 aliphatic rings. The van der Waals surface area contributed by atoms with Crippen LogP contribution in [0, 0.1) is 0 Å². The number of hydrogen-bond acceptors (Lipinski definition) is 3. The third-order valence-corrected chi connectivity index (χ3v) is 4.68. The summed E-state index contributed by atoms with van der Waals surface area (Å²) in [6.45, 7) is 3.95. The minimum atomic E-state index is -2.09. The van der Waals surface area contributed by atoms with Crippen LogP contribution in [0.25, 0.3) is 0 Å². The first-order valence-corrected chi connectivity index (χ1v) is 6.54. The van der Waals surface area contributed by atoms with Gasteiger partial charge in [0.2, 0.25) is 5.91 Å². The van der Waals surface area contributed by atoms with Gasteiger partial charge in [0.05, 0.1) is 0 Å². The lowest BCUT2D eigenvalue weighted by Crippen LogP contribution is -2.40. The minimum absolute atomic E-state index is 0.0312. The molecular weight excluding hydrogens is 174 g/mol. The number of carbonyl (C=O) groups excluding carboxylic acids is 1. The van der Waals surface area contributed by atoms with E-state index in [0.29, 0.717) is 0 Å². The van der Waals surface area contributed by atoms with Gasteiger partial charge in [0, 0.05) is 7.11 Å². The number of amides is 1. The molecule has 0 saturated heterocycles. The van der Waals surface area contributed by atoms with E-state index in [1.54, 1.807) is 7.11 Å². The Kier molecular flexibility index (Phi) is 5.11. The number of hydrogen-bond donors (Lipinski definition) is 1. The van der Waals surface area contributed by atoms with E-state index >= 15 is 0 Å². The van der Waals surface area contributed by atoms with Crippen molar-refractivity contribution >= 4 is 14.5 Å². The van der Waals surface area contributed by atoms with Crippen molar-refractivity contribution in [2.75, 3.05) is 13.7 Å². The van der Waals surface area contributed by atoms with E-state index < -0.39 is 14.5 Å². The number of nitrogens with two attached hydrogens (primary N) is 1. The zero-order valence-corrected chi connectivity index (χ0v) is 8.92. The van der Waals surface area contributed by atoms with Gasteiger partial charge in [0.25, 0.3) is 0 Å². The van der Waals surface area contributed by atoms with Gasteiger partial charge >= 0.3 is 8.56 Å². The van der Waals surface area contributed by atoms with Crippen LogP contribution < -0.4 is 5.73 Å². The van der Waals surface area contributed by atoms with Crippen LogP contribution in [0.3, 0.4) is 0 Å². The third-order valence-electron chi connectivity index (χ3n) is 1.66. The maximum absolute atomic E-state index is 10.4. The van der Waals surface area contributed by atoms with Gasteiger partial charge in [-0.05, 0) is 12.6 Å². The van der Waals surface area contributed by atoms with Crippen molar-refractivity contribution in [1.29, 1.82) is 0 Å². The molecule has 1 unspecified atom stereocenters. The highest BCUT2D eigenvalue weighted by Crippen LogP contribution is 2.13. The highest BCUT2D eigenvalue weighted by molar-refractivity contribution is 6.66. The van der Waals surface area contributed by atoms with Crippen molar-refractivity contribution in [1.82, 2.24) is 0 Å². The molecule has 0 heterocycles. The topological polar surface area (TPSA) is 61.6 Å². The third kappa shape index (κ3) is 4.48. The lowest BCUT2D eigenvalue weighted by atomic mass is 10.6. The van der Waals surface area contributed by atoms with Crippen molar-refractivity contribution in [3.05, 3.63) is 0 Å². The Morgan fingerprint density at radius 3 is 2.50 bits per heavy atom. The van der Waals surface area contributed by atoms with Crippen LogP contribution in [-0.2, 0) is 13.6 Å². The second kappa shape index (κ2) is 5.29. The first kappa shape index (κ1) is 11.6. The Morgan fingerprint density at radius 2 is 2.17 bits per heavy atom. The average molecular weight is 191 g/mol. The van der Waals surface area contributed by atoms with E-state index in [-0.39, 0.29) is 6.61 Å². The smallest absolute Gasteiger partial charge is 0.335 e. The highest BCUT2D eigenvalue weighted by atomic mass is 28.4. The van der Waals surface area contributed by atoms with Crippen LogP contribution in [0.2, 0.25) is 12.6 Å². The normalized spacial score (nSPS) is 15.6. The number of primary amides is 1. The van der Waals surface area contributed by atoms with Crippen LogP contribution in [0.5, 0.6) is 0 Å². The van der Waals surface area contributed by atoms with Gasteiger partial charge in [-0.2, -0.15) is 0 Å². The van der Waals surface area contributed by atoms with Crippen LogP contribution in [-0.4, -0.2) is 28.2 Å². The van der Waals surface area contributed by atoms with E-state index in [1.807, 2.05) is 6.55 Å². The lowest BCUT2D eigenvalue weighted by Gasteiger charge is -2.23. The second-order valence-corrected chi connectivity index (χ2v) is 6.31. The molecule has 0 radical (unpaired) electrons. The Morgan fingerprint density at radius 1 is 1.58 bits per heavy atom. The monoisotopic (exact) mass is 191 g/mol. The molecule has 0 rings (SSSR count). The molecule has 0 aliphatic heterocycles. The van der Waals surface area contributed by atoms with E-state index in [4.69, 9.17) is 14.6 Å². The fourth-order valence-electron chi connectivity index (χ4n) is 0.911. The average Bonchev–Trinajstić information content (AvgIpc) is 2.02. The SMILES string of the molecule is CCC[Si](C)(OC)OCC(N)=O. The van der Waals surface area contributed by atoms with Crippen molar-refractivity contribution in [3.8, 4) is 0 Å². The van der Waals surface area contributed by atoms with Gasteiger partial charge in [-0.25, -0.2) is 0 Å². The van der Waals surface area contributed by atoms with Crippen LogP contribution in [0.15, 0.2) is 0 Å². The van der Waals surface area contributed by atoms with Gasteiger partial charge in [0.15, 0.2) is 0 Å². The molecule has 2 N–H and O–H groups in total. The zero-order chi connectivity index (χ0) is 9.61. The van der Waals surface area contributed by atoms with Gasteiger partial charge < -0.3 is 14.6 Å². The summed E-state index contributed by atoms with van der Waals surface area (Å²) in [6, 6.07) is 0.886. The van der Waals surface area contributed by atoms with Gasteiger partial charge in [0.1, 0.15) is 6.61 Å². The Labute approximate surface area is 74.3 Å². The first-order valence-electron chi connectivity index (χ1n) is 4.01. The second-order valence-electron chi connectivity index (χ2n) is 2.84. The molecule has 0 aromatic rings. The molecule has 72 valence electrons. The highest BCUT2D eigenvalue weighted by Gasteiger charge is 2.29. The summed E-state index contributed by atoms with van der Waals surface area (Å²) in [5, 5.41) is 0. The van der Waals surface area contributed by atoms with Crippen LogP contribution in [0.4, 0.5) is 0 Å². The Balaban J connectivity index is 3.86. The molecule has 1 amide bonds. The van der Waals surface area contributed by atoms with Gasteiger partial charge in [-0.15, -0.1) is 0 Å². The number of rotatable bonds is 6. The van der Waals surface area contributed by atoms with E-state index in [9.17, 15) is 4.79 Å². The Bertz CT molecular complexity index is 154. The summed E-state index contributed by atoms with van der Waals surface area (Å²) in [5.41, 5.74) is 4.95. The molecular formula is C7H17NO3Si. The summed E-state index contributed by atoms with van der Waals surface area (Å²) in [5.74, 6) is -0.443. The molecule has 1 atom stereocenters. The van der Waals surface area contributed by atoms with E-state index in [1.165, 1.54) is 0 Å². The predicted molar refractivity (Wildman–Crippen MR) is 48.9 cm³/mol. The molecule has 0 aromatic heterocycles. The van der Waals surface area contributed by atoms with Crippen molar-refractivity contribution in [3.63, 3.8) is 0 Å². The molecule has 12 heavy (non-hydrogen) atoms. The molecule has 0 saturated carbocycles. The molecule has 5 heteroatoms. The fourth-order valence-corrected chi connectivity index (χ4v) is 2.73.